The number of hydrogen-bond acceptors (Lipinski definition) is 4. The summed E-state index contributed by atoms with van der Waals surface area (Å²) in [5.41, 5.74) is 7.13. The van der Waals surface area contributed by atoms with Gasteiger partial charge in [0.25, 0.3) is 0 Å². The molecule has 6 heteroatoms. The first-order valence-electron chi connectivity index (χ1n) is 5.76. The highest BCUT2D eigenvalue weighted by Gasteiger charge is 2.21. The summed E-state index contributed by atoms with van der Waals surface area (Å²) >= 11 is 6.13. The lowest BCUT2D eigenvalue weighted by molar-refractivity contribution is 0.0532. The Bertz CT molecular complexity index is 465. The van der Waals surface area contributed by atoms with E-state index in [1.807, 2.05) is 19.1 Å². The van der Waals surface area contributed by atoms with Crippen molar-refractivity contribution >= 4 is 23.1 Å². The van der Waals surface area contributed by atoms with Crippen molar-refractivity contribution in [3.63, 3.8) is 0 Å². The average Bonchev–Trinajstić information content (AvgIpc) is 2.37. The van der Waals surface area contributed by atoms with Crippen molar-refractivity contribution in [1.29, 1.82) is 0 Å². The van der Waals surface area contributed by atoms with Crippen LogP contribution in [0.5, 0.6) is 0 Å². The number of halogens is 1. The zero-order valence-corrected chi connectivity index (χ0v) is 10.9. The van der Waals surface area contributed by atoms with Crippen molar-refractivity contribution in [2.24, 2.45) is 10.9 Å². The number of amidine groups is 1. The van der Waals surface area contributed by atoms with E-state index in [9.17, 15) is 0 Å². The molecule has 1 aliphatic heterocycles. The van der Waals surface area contributed by atoms with E-state index in [1.54, 1.807) is 6.07 Å². The molecule has 0 aromatic heterocycles. The topological polar surface area (TPSA) is 71.1 Å². The minimum atomic E-state index is 0.0229. The van der Waals surface area contributed by atoms with Crippen LogP contribution in [-0.2, 0) is 4.74 Å². The molecule has 1 unspecified atom stereocenters. The SMILES string of the molecule is CC1CN(c2cccc(Cl)c2C(N)=NO)CCO1. The molecule has 1 heterocycles. The molecule has 0 amide bonds. The van der Waals surface area contributed by atoms with Crippen molar-refractivity contribution in [3.8, 4) is 0 Å². The maximum atomic E-state index is 8.85. The van der Waals surface area contributed by atoms with Crippen LogP contribution in [-0.4, -0.2) is 36.8 Å². The van der Waals surface area contributed by atoms with Gasteiger partial charge in [-0.1, -0.05) is 22.8 Å². The van der Waals surface area contributed by atoms with Crippen LogP contribution < -0.4 is 10.6 Å². The molecule has 2 rings (SSSR count). The van der Waals surface area contributed by atoms with Crippen LogP contribution in [0.3, 0.4) is 0 Å². The number of anilines is 1. The second-order valence-corrected chi connectivity index (χ2v) is 4.65. The second kappa shape index (κ2) is 5.46. The van der Waals surface area contributed by atoms with E-state index in [0.717, 1.165) is 18.8 Å². The molecule has 18 heavy (non-hydrogen) atoms. The Balaban J connectivity index is 2.40. The standard InChI is InChI=1S/C12H16ClN3O2/c1-8-7-16(5-6-18-8)10-4-2-3-9(13)11(10)12(14)15-17/h2-4,8,17H,5-7H2,1H3,(H2,14,15). The predicted molar refractivity (Wildman–Crippen MR) is 71.6 cm³/mol. The highest BCUT2D eigenvalue weighted by Crippen LogP contribution is 2.28. The Kier molecular flexibility index (Phi) is 3.93. The van der Waals surface area contributed by atoms with Gasteiger partial charge < -0.3 is 20.6 Å². The monoisotopic (exact) mass is 269 g/mol. The normalized spacial score (nSPS) is 21.1. The smallest absolute Gasteiger partial charge is 0.173 e. The Morgan fingerprint density at radius 3 is 3.06 bits per heavy atom. The number of ether oxygens (including phenoxy) is 1. The minimum Gasteiger partial charge on any atom is -0.409 e. The van der Waals surface area contributed by atoms with Crippen LogP contribution in [0, 0.1) is 0 Å². The largest absolute Gasteiger partial charge is 0.409 e. The van der Waals surface area contributed by atoms with Gasteiger partial charge in [0.05, 0.1) is 23.3 Å². The molecule has 98 valence electrons. The predicted octanol–water partition coefficient (Wildman–Crippen LogP) is 1.66. The molecule has 1 fully saturated rings. The van der Waals surface area contributed by atoms with Crippen LogP contribution in [0.15, 0.2) is 23.4 Å². The number of nitrogens with zero attached hydrogens (tertiary/aromatic N) is 2. The third-order valence-electron chi connectivity index (χ3n) is 2.94. The van der Waals surface area contributed by atoms with E-state index in [-0.39, 0.29) is 11.9 Å². The van der Waals surface area contributed by atoms with Crippen molar-refractivity contribution in [3.05, 3.63) is 28.8 Å². The van der Waals surface area contributed by atoms with E-state index in [2.05, 4.69) is 10.1 Å². The first-order chi connectivity index (χ1) is 8.63. The molecule has 1 saturated heterocycles. The van der Waals surface area contributed by atoms with Crippen LogP contribution in [0.25, 0.3) is 0 Å². The number of oxime groups is 1. The summed E-state index contributed by atoms with van der Waals surface area (Å²) < 4.78 is 5.50. The van der Waals surface area contributed by atoms with Gasteiger partial charge in [0.15, 0.2) is 5.84 Å². The molecule has 0 saturated carbocycles. The maximum absolute atomic E-state index is 8.85. The van der Waals surface area contributed by atoms with Crippen LogP contribution in [0.4, 0.5) is 5.69 Å². The van der Waals surface area contributed by atoms with E-state index in [4.69, 9.17) is 27.3 Å². The van der Waals surface area contributed by atoms with Crippen LogP contribution in [0.2, 0.25) is 5.02 Å². The Morgan fingerprint density at radius 1 is 1.61 bits per heavy atom. The zero-order chi connectivity index (χ0) is 13.1. The molecule has 1 aromatic rings. The van der Waals surface area contributed by atoms with E-state index in [1.165, 1.54) is 0 Å². The summed E-state index contributed by atoms with van der Waals surface area (Å²) in [6, 6.07) is 5.49. The zero-order valence-electron chi connectivity index (χ0n) is 10.1. The quantitative estimate of drug-likeness (QED) is 0.371. The summed E-state index contributed by atoms with van der Waals surface area (Å²) in [6.45, 7) is 4.19. The van der Waals surface area contributed by atoms with Gasteiger partial charge in [-0.05, 0) is 19.1 Å². The average molecular weight is 270 g/mol. The molecule has 0 radical (unpaired) electrons. The summed E-state index contributed by atoms with van der Waals surface area (Å²) in [6.07, 6.45) is 0.151. The number of rotatable bonds is 2. The number of hydrogen-bond donors (Lipinski definition) is 2. The molecule has 0 bridgehead atoms. The first kappa shape index (κ1) is 13.0. The fourth-order valence-electron chi connectivity index (χ4n) is 2.12. The van der Waals surface area contributed by atoms with Gasteiger partial charge >= 0.3 is 0 Å². The molecule has 3 N–H and O–H groups in total. The Morgan fingerprint density at radius 2 is 2.39 bits per heavy atom. The van der Waals surface area contributed by atoms with Gasteiger partial charge in [-0.2, -0.15) is 0 Å². The Hall–Kier alpha value is -1.46. The minimum absolute atomic E-state index is 0.0229. The lowest BCUT2D eigenvalue weighted by Gasteiger charge is -2.34. The lowest BCUT2D eigenvalue weighted by atomic mass is 10.1. The molecule has 0 spiro atoms. The summed E-state index contributed by atoms with van der Waals surface area (Å²) in [5, 5.41) is 12.4. The van der Waals surface area contributed by atoms with Crippen molar-refractivity contribution in [2.75, 3.05) is 24.6 Å². The highest BCUT2D eigenvalue weighted by molar-refractivity contribution is 6.34. The van der Waals surface area contributed by atoms with Gasteiger partial charge in [0.1, 0.15) is 0 Å². The number of morpholine rings is 1. The maximum Gasteiger partial charge on any atom is 0.173 e. The fourth-order valence-corrected chi connectivity index (χ4v) is 2.38. The van der Waals surface area contributed by atoms with Gasteiger partial charge in [-0.3, -0.25) is 0 Å². The van der Waals surface area contributed by atoms with Crippen LogP contribution >= 0.6 is 11.6 Å². The van der Waals surface area contributed by atoms with Crippen molar-refractivity contribution < 1.29 is 9.94 Å². The molecule has 1 atom stereocenters. The Labute approximate surface area is 111 Å². The number of benzene rings is 1. The van der Waals surface area contributed by atoms with Gasteiger partial charge in [0.2, 0.25) is 0 Å². The van der Waals surface area contributed by atoms with Crippen molar-refractivity contribution in [1.82, 2.24) is 0 Å². The molecule has 5 nitrogen and oxygen atoms in total. The lowest BCUT2D eigenvalue weighted by Crippen LogP contribution is -2.42. The number of nitrogens with two attached hydrogens (primary N) is 1. The van der Waals surface area contributed by atoms with E-state index >= 15 is 0 Å². The van der Waals surface area contributed by atoms with Gasteiger partial charge in [-0.15, -0.1) is 0 Å². The van der Waals surface area contributed by atoms with E-state index in [0.29, 0.717) is 17.2 Å². The first-order valence-corrected chi connectivity index (χ1v) is 6.14. The van der Waals surface area contributed by atoms with E-state index < -0.39 is 0 Å². The van der Waals surface area contributed by atoms with Gasteiger partial charge in [-0.25, -0.2) is 0 Å². The summed E-state index contributed by atoms with van der Waals surface area (Å²) in [5.74, 6) is 0.0229. The fraction of sp³-hybridized carbons (Fsp3) is 0.417. The van der Waals surface area contributed by atoms with Crippen LogP contribution in [0.1, 0.15) is 12.5 Å². The summed E-state index contributed by atoms with van der Waals surface area (Å²) in [7, 11) is 0. The third-order valence-corrected chi connectivity index (χ3v) is 3.25. The summed E-state index contributed by atoms with van der Waals surface area (Å²) in [4.78, 5) is 2.13. The second-order valence-electron chi connectivity index (χ2n) is 4.25. The van der Waals surface area contributed by atoms with Gasteiger partial charge in [0, 0.05) is 18.8 Å². The third kappa shape index (κ3) is 2.52. The molecule has 1 aliphatic rings. The molecular formula is C12H16ClN3O2. The molecule has 1 aromatic carbocycles. The highest BCUT2D eigenvalue weighted by atomic mass is 35.5. The van der Waals surface area contributed by atoms with Crippen molar-refractivity contribution in [2.45, 2.75) is 13.0 Å². The molecule has 0 aliphatic carbocycles. The molecular weight excluding hydrogens is 254 g/mol.